The minimum absolute atomic E-state index is 0.0294. The fourth-order valence-corrected chi connectivity index (χ4v) is 1.93. The maximum Gasteiger partial charge on any atom is 0.338 e. The molecule has 1 N–H and O–H groups in total. The zero-order valence-electron chi connectivity index (χ0n) is 13.2. The number of benzene rings is 2. The summed E-state index contributed by atoms with van der Waals surface area (Å²) < 4.78 is 28.1. The zero-order valence-corrected chi connectivity index (χ0v) is 13.2. The monoisotopic (exact) mass is 333 g/mol. The number of hydrogen-bond donors (Lipinski definition) is 1. The molecular formula is C17H16FNO5. The molecule has 24 heavy (non-hydrogen) atoms. The van der Waals surface area contributed by atoms with Gasteiger partial charge in [0.1, 0.15) is 17.3 Å². The largest absolute Gasteiger partial charge is 0.497 e. The van der Waals surface area contributed by atoms with Gasteiger partial charge in [0.05, 0.1) is 25.5 Å². The molecule has 126 valence electrons. The Hall–Kier alpha value is -3.09. The van der Waals surface area contributed by atoms with Crippen LogP contribution in [0.1, 0.15) is 10.4 Å². The van der Waals surface area contributed by atoms with Gasteiger partial charge in [-0.2, -0.15) is 0 Å². The maximum absolute atomic E-state index is 13.1. The number of anilines is 1. The van der Waals surface area contributed by atoms with Crippen molar-refractivity contribution in [3.05, 3.63) is 53.8 Å². The van der Waals surface area contributed by atoms with Gasteiger partial charge < -0.3 is 19.5 Å². The molecule has 0 heterocycles. The van der Waals surface area contributed by atoms with Crippen LogP contribution in [0.4, 0.5) is 10.1 Å². The Bertz CT molecular complexity index is 748. The molecule has 0 aromatic heterocycles. The van der Waals surface area contributed by atoms with Gasteiger partial charge >= 0.3 is 5.97 Å². The first-order valence-corrected chi connectivity index (χ1v) is 6.98. The van der Waals surface area contributed by atoms with Crippen LogP contribution in [0, 0.1) is 5.82 Å². The SMILES string of the molecule is COc1ccc(OC)c(NC(=O)COC(=O)c2cccc(F)c2)c1. The Morgan fingerprint density at radius 3 is 2.54 bits per heavy atom. The molecule has 0 radical (unpaired) electrons. The van der Waals surface area contributed by atoms with Crippen molar-refractivity contribution in [2.45, 2.75) is 0 Å². The molecule has 0 aliphatic rings. The molecular weight excluding hydrogens is 317 g/mol. The highest BCUT2D eigenvalue weighted by Gasteiger charge is 2.13. The van der Waals surface area contributed by atoms with Crippen LogP contribution in [0.15, 0.2) is 42.5 Å². The van der Waals surface area contributed by atoms with E-state index in [-0.39, 0.29) is 5.56 Å². The highest BCUT2D eigenvalue weighted by Crippen LogP contribution is 2.28. The molecule has 0 saturated carbocycles. The first-order chi connectivity index (χ1) is 11.5. The van der Waals surface area contributed by atoms with Gasteiger partial charge in [-0.3, -0.25) is 4.79 Å². The van der Waals surface area contributed by atoms with Crippen LogP contribution in [0.25, 0.3) is 0 Å². The first kappa shape index (κ1) is 17.3. The second-order valence-corrected chi connectivity index (χ2v) is 4.70. The molecule has 7 heteroatoms. The lowest BCUT2D eigenvalue weighted by Crippen LogP contribution is -2.21. The number of hydrogen-bond acceptors (Lipinski definition) is 5. The van der Waals surface area contributed by atoms with E-state index in [0.717, 1.165) is 6.07 Å². The van der Waals surface area contributed by atoms with Crippen LogP contribution in [0.2, 0.25) is 0 Å². The predicted octanol–water partition coefficient (Wildman–Crippen LogP) is 2.64. The van der Waals surface area contributed by atoms with E-state index in [9.17, 15) is 14.0 Å². The van der Waals surface area contributed by atoms with Gasteiger partial charge in [-0.15, -0.1) is 0 Å². The van der Waals surface area contributed by atoms with Crippen molar-refractivity contribution in [3.8, 4) is 11.5 Å². The van der Waals surface area contributed by atoms with E-state index >= 15 is 0 Å². The molecule has 2 aromatic rings. The van der Waals surface area contributed by atoms with Crippen molar-refractivity contribution in [2.75, 3.05) is 26.1 Å². The molecule has 2 aromatic carbocycles. The number of halogens is 1. The standard InChI is InChI=1S/C17H16FNO5/c1-22-13-6-7-15(23-2)14(9-13)19-16(20)10-24-17(21)11-4-3-5-12(18)8-11/h3-9H,10H2,1-2H3,(H,19,20). The van der Waals surface area contributed by atoms with Crippen LogP contribution in [0.3, 0.4) is 0 Å². The van der Waals surface area contributed by atoms with E-state index in [2.05, 4.69) is 5.32 Å². The molecule has 0 saturated heterocycles. The van der Waals surface area contributed by atoms with Crippen LogP contribution in [0.5, 0.6) is 11.5 Å². The molecule has 0 bridgehead atoms. The third kappa shape index (κ3) is 4.45. The van der Waals surface area contributed by atoms with Gasteiger partial charge in [-0.25, -0.2) is 9.18 Å². The van der Waals surface area contributed by atoms with Crippen molar-refractivity contribution < 1.29 is 28.2 Å². The molecule has 0 unspecified atom stereocenters. The van der Waals surface area contributed by atoms with Crippen LogP contribution in [-0.2, 0) is 9.53 Å². The van der Waals surface area contributed by atoms with E-state index in [1.807, 2.05) is 0 Å². The lowest BCUT2D eigenvalue weighted by atomic mass is 10.2. The number of amides is 1. The quantitative estimate of drug-likeness (QED) is 0.823. The molecule has 0 aliphatic carbocycles. The van der Waals surface area contributed by atoms with E-state index in [4.69, 9.17) is 14.2 Å². The van der Waals surface area contributed by atoms with Gasteiger partial charge in [0, 0.05) is 6.07 Å². The fourth-order valence-electron chi connectivity index (χ4n) is 1.93. The van der Waals surface area contributed by atoms with E-state index in [1.165, 1.54) is 32.4 Å². The zero-order chi connectivity index (χ0) is 17.5. The summed E-state index contributed by atoms with van der Waals surface area (Å²) in [4.78, 5) is 23.7. The second kappa shape index (κ2) is 7.96. The Balaban J connectivity index is 1.97. The minimum Gasteiger partial charge on any atom is -0.497 e. The van der Waals surface area contributed by atoms with E-state index in [1.54, 1.807) is 18.2 Å². The number of rotatable bonds is 6. The van der Waals surface area contributed by atoms with Gasteiger partial charge in [-0.05, 0) is 30.3 Å². The van der Waals surface area contributed by atoms with Crippen molar-refractivity contribution in [1.29, 1.82) is 0 Å². The van der Waals surface area contributed by atoms with E-state index in [0.29, 0.717) is 17.2 Å². The van der Waals surface area contributed by atoms with Gasteiger partial charge in [-0.1, -0.05) is 6.07 Å². The summed E-state index contributed by atoms with van der Waals surface area (Å²) in [5.74, 6) is -0.952. The molecule has 0 fully saturated rings. The second-order valence-electron chi connectivity index (χ2n) is 4.70. The molecule has 1 amide bonds. The number of esters is 1. The number of ether oxygens (including phenoxy) is 3. The summed E-state index contributed by atoms with van der Waals surface area (Å²) in [6, 6.07) is 9.90. The lowest BCUT2D eigenvalue weighted by molar-refractivity contribution is -0.119. The molecule has 0 spiro atoms. The molecule has 6 nitrogen and oxygen atoms in total. The summed E-state index contributed by atoms with van der Waals surface area (Å²) >= 11 is 0. The topological polar surface area (TPSA) is 73.9 Å². The summed E-state index contributed by atoms with van der Waals surface area (Å²) in [7, 11) is 2.95. The maximum atomic E-state index is 13.1. The third-order valence-corrected chi connectivity index (χ3v) is 3.08. The van der Waals surface area contributed by atoms with E-state index < -0.39 is 24.3 Å². The average molecular weight is 333 g/mol. The van der Waals surface area contributed by atoms with Crippen LogP contribution >= 0.6 is 0 Å². The van der Waals surface area contributed by atoms with Crippen molar-refractivity contribution in [3.63, 3.8) is 0 Å². The molecule has 0 atom stereocenters. The highest BCUT2D eigenvalue weighted by atomic mass is 19.1. The molecule has 0 aliphatic heterocycles. The minimum atomic E-state index is -0.790. The summed E-state index contributed by atoms with van der Waals surface area (Å²) in [5.41, 5.74) is 0.408. The molecule has 2 rings (SSSR count). The lowest BCUT2D eigenvalue weighted by Gasteiger charge is -2.12. The van der Waals surface area contributed by atoms with Crippen molar-refractivity contribution >= 4 is 17.6 Å². The number of carbonyl (C=O) groups excluding carboxylic acids is 2. The Labute approximate surface area is 138 Å². The summed E-state index contributed by atoms with van der Waals surface area (Å²) in [6.07, 6.45) is 0. The van der Waals surface area contributed by atoms with Gasteiger partial charge in [0.2, 0.25) is 0 Å². The third-order valence-electron chi connectivity index (χ3n) is 3.08. The highest BCUT2D eigenvalue weighted by molar-refractivity contribution is 5.96. The Morgan fingerprint density at radius 1 is 1.08 bits per heavy atom. The Kier molecular flexibility index (Phi) is 5.73. The van der Waals surface area contributed by atoms with Crippen molar-refractivity contribution in [2.24, 2.45) is 0 Å². The number of nitrogens with one attached hydrogen (secondary N) is 1. The van der Waals surface area contributed by atoms with Gasteiger partial charge in [0.25, 0.3) is 5.91 Å². The predicted molar refractivity (Wildman–Crippen MR) is 84.9 cm³/mol. The van der Waals surface area contributed by atoms with Crippen LogP contribution in [-0.4, -0.2) is 32.7 Å². The van der Waals surface area contributed by atoms with Crippen LogP contribution < -0.4 is 14.8 Å². The number of methoxy groups -OCH3 is 2. The average Bonchev–Trinajstić information content (AvgIpc) is 2.59. The first-order valence-electron chi connectivity index (χ1n) is 6.98. The summed E-state index contributed by atoms with van der Waals surface area (Å²) in [5, 5.41) is 2.56. The summed E-state index contributed by atoms with van der Waals surface area (Å²) in [6.45, 7) is -0.518. The van der Waals surface area contributed by atoms with Gasteiger partial charge in [0.15, 0.2) is 6.61 Å². The fraction of sp³-hybridized carbons (Fsp3) is 0.176. The van der Waals surface area contributed by atoms with Crippen molar-refractivity contribution in [1.82, 2.24) is 0 Å². The normalized spacial score (nSPS) is 9.96. The number of carbonyl (C=O) groups is 2. The Morgan fingerprint density at radius 2 is 1.88 bits per heavy atom. The smallest absolute Gasteiger partial charge is 0.338 e.